The molecule has 1 aliphatic heterocycles. The molecule has 1 heterocycles. The van der Waals surface area contributed by atoms with Crippen LogP contribution in [0.25, 0.3) is 0 Å². The molecule has 20 heavy (non-hydrogen) atoms. The molecule has 3 rings (SSSR count). The van der Waals surface area contributed by atoms with Gasteiger partial charge in [-0.2, -0.15) is 0 Å². The maximum Gasteiger partial charge on any atom is 0.171 e. The molecule has 102 valence electrons. The van der Waals surface area contributed by atoms with Gasteiger partial charge in [0.2, 0.25) is 0 Å². The van der Waals surface area contributed by atoms with E-state index in [0.717, 1.165) is 4.47 Å². The molecule has 0 saturated heterocycles. The number of hydrogen-bond acceptors (Lipinski definition) is 3. The molecule has 0 amide bonds. The van der Waals surface area contributed by atoms with E-state index in [4.69, 9.17) is 9.47 Å². The zero-order valence-corrected chi connectivity index (χ0v) is 12.2. The second-order valence-corrected chi connectivity index (χ2v) is 5.36. The van der Waals surface area contributed by atoms with Gasteiger partial charge in [-0.3, -0.25) is 4.79 Å². The monoisotopic (exact) mass is 336 g/mol. The summed E-state index contributed by atoms with van der Waals surface area (Å²) in [6.07, 6.45) is 0.0763. The maximum atomic E-state index is 14.1. The van der Waals surface area contributed by atoms with Crippen LogP contribution in [-0.4, -0.2) is 12.9 Å². The first-order valence-electron chi connectivity index (χ1n) is 5.95. The first-order chi connectivity index (χ1) is 9.58. The number of carbonyl (C=O) groups excluding carboxylic acids is 1. The van der Waals surface area contributed by atoms with Crippen molar-refractivity contribution in [3.05, 3.63) is 51.7 Å². The number of Topliss-reactive ketones (excluding diaryl/α,β-unsaturated/α-hetero) is 1. The molecule has 0 radical (unpaired) electrons. The van der Waals surface area contributed by atoms with Gasteiger partial charge in [-0.15, -0.1) is 0 Å². The highest BCUT2D eigenvalue weighted by molar-refractivity contribution is 9.10. The molecule has 1 aliphatic rings. The Balaban J connectivity index is 2.17. The van der Waals surface area contributed by atoms with Crippen molar-refractivity contribution < 1.29 is 18.7 Å². The Bertz CT molecular complexity index is 713. The number of rotatable bonds is 1. The predicted octanol–water partition coefficient (Wildman–Crippen LogP) is 4.13. The van der Waals surface area contributed by atoms with Crippen molar-refractivity contribution in [2.45, 2.75) is 6.42 Å². The van der Waals surface area contributed by atoms with Gasteiger partial charge in [0.25, 0.3) is 0 Å². The molecule has 0 unspecified atom stereocenters. The molecule has 0 saturated carbocycles. The van der Waals surface area contributed by atoms with Crippen molar-refractivity contribution in [3.63, 3.8) is 0 Å². The Morgan fingerprint density at radius 1 is 1.30 bits per heavy atom. The van der Waals surface area contributed by atoms with E-state index in [-0.39, 0.29) is 18.0 Å². The number of halogens is 2. The minimum Gasteiger partial charge on any atom is -0.497 e. The first-order valence-corrected chi connectivity index (χ1v) is 6.75. The van der Waals surface area contributed by atoms with Crippen molar-refractivity contribution in [1.82, 2.24) is 0 Å². The summed E-state index contributed by atoms with van der Waals surface area (Å²) >= 11 is 3.31. The molecule has 2 aromatic carbocycles. The number of methoxy groups -OCH3 is 1. The Morgan fingerprint density at radius 2 is 2.10 bits per heavy atom. The first kappa shape index (κ1) is 13.1. The molecular weight excluding hydrogens is 327 g/mol. The molecule has 2 aromatic rings. The number of benzene rings is 2. The fourth-order valence-corrected chi connectivity index (χ4v) is 2.53. The van der Waals surface area contributed by atoms with Crippen molar-refractivity contribution in [2.75, 3.05) is 7.11 Å². The number of ketones is 1. The van der Waals surface area contributed by atoms with Crippen LogP contribution in [0, 0.1) is 5.82 Å². The molecule has 0 atom stereocenters. The summed E-state index contributed by atoms with van der Waals surface area (Å²) in [4.78, 5) is 12.3. The van der Waals surface area contributed by atoms with E-state index in [1.807, 2.05) is 0 Å². The molecule has 0 N–H and O–H groups in total. The minimum absolute atomic E-state index is 0.0763. The molecule has 0 bridgehead atoms. The third kappa shape index (κ3) is 2.18. The largest absolute Gasteiger partial charge is 0.497 e. The van der Waals surface area contributed by atoms with Crippen LogP contribution < -0.4 is 9.47 Å². The molecule has 3 nitrogen and oxygen atoms in total. The van der Waals surface area contributed by atoms with E-state index in [1.54, 1.807) is 24.3 Å². The second kappa shape index (κ2) is 4.90. The molecule has 0 spiro atoms. The number of carbonyl (C=O) groups is 1. The van der Waals surface area contributed by atoms with Crippen LogP contribution in [0.15, 0.2) is 34.8 Å². The van der Waals surface area contributed by atoms with Crippen LogP contribution >= 0.6 is 15.9 Å². The smallest absolute Gasteiger partial charge is 0.171 e. The van der Waals surface area contributed by atoms with Crippen molar-refractivity contribution in [2.24, 2.45) is 0 Å². The zero-order valence-electron chi connectivity index (χ0n) is 10.6. The maximum absolute atomic E-state index is 14.1. The van der Waals surface area contributed by atoms with Gasteiger partial charge in [0.15, 0.2) is 17.3 Å². The Kier molecular flexibility index (Phi) is 3.22. The number of ether oxygens (including phenoxy) is 2. The highest BCUT2D eigenvalue weighted by atomic mass is 79.9. The van der Waals surface area contributed by atoms with E-state index in [9.17, 15) is 9.18 Å². The molecule has 5 heteroatoms. The van der Waals surface area contributed by atoms with Crippen LogP contribution in [-0.2, 0) is 6.42 Å². The summed E-state index contributed by atoms with van der Waals surface area (Å²) in [5, 5.41) is 0. The lowest BCUT2D eigenvalue weighted by Crippen LogP contribution is -2.02. The van der Waals surface area contributed by atoms with Crippen molar-refractivity contribution in [1.29, 1.82) is 0 Å². The quantitative estimate of drug-likeness (QED) is 0.785. The predicted molar refractivity (Wildman–Crippen MR) is 75.2 cm³/mol. The fourth-order valence-electron chi connectivity index (χ4n) is 2.17. The fraction of sp³-hybridized carbons (Fsp3) is 0.133. The van der Waals surface area contributed by atoms with Crippen LogP contribution in [0.3, 0.4) is 0 Å². The van der Waals surface area contributed by atoms with E-state index in [0.29, 0.717) is 22.6 Å². The van der Waals surface area contributed by atoms with Crippen LogP contribution in [0.5, 0.6) is 17.2 Å². The Morgan fingerprint density at radius 3 is 2.85 bits per heavy atom. The SMILES string of the molecule is COc1cc(F)c2c(c1)CC(=O)c1cc(Br)ccc1O2. The standard InChI is InChI=1S/C15H10BrFO3/c1-19-10-4-8-5-13(18)11-6-9(16)2-3-14(11)20-15(8)12(17)7-10/h2-4,6-7H,5H2,1H3. The molecular formula is C15H10BrFO3. The lowest BCUT2D eigenvalue weighted by molar-refractivity contribution is 0.0993. The summed E-state index contributed by atoms with van der Waals surface area (Å²) in [6.45, 7) is 0. The van der Waals surface area contributed by atoms with Gasteiger partial charge >= 0.3 is 0 Å². The van der Waals surface area contributed by atoms with E-state index < -0.39 is 5.82 Å². The average molecular weight is 337 g/mol. The van der Waals surface area contributed by atoms with Gasteiger partial charge in [0, 0.05) is 22.5 Å². The molecule has 0 fully saturated rings. The molecule has 0 aromatic heterocycles. The van der Waals surface area contributed by atoms with E-state index >= 15 is 0 Å². The van der Waals surface area contributed by atoms with Gasteiger partial charge in [-0.25, -0.2) is 4.39 Å². The summed E-state index contributed by atoms with van der Waals surface area (Å²) in [6, 6.07) is 7.94. The highest BCUT2D eigenvalue weighted by Gasteiger charge is 2.24. The Hall–Kier alpha value is -1.88. The minimum atomic E-state index is -0.539. The lowest BCUT2D eigenvalue weighted by Gasteiger charge is -2.10. The Labute approximate surface area is 123 Å². The topological polar surface area (TPSA) is 35.5 Å². The third-order valence-corrected chi connectivity index (χ3v) is 3.63. The van der Waals surface area contributed by atoms with Crippen LogP contribution in [0.1, 0.15) is 15.9 Å². The van der Waals surface area contributed by atoms with Gasteiger partial charge in [0.05, 0.1) is 12.7 Å². The van der Waals surface area contributed by atoms with Crippen LogP contribution in [0.4, 0.5) is 4.39 Å². The summed E-state index contributed by atoms with van der Waals surface area (Å²) in [5.74, 6) is 0.154. The normalized spacial score (nSPS) is 13.1. The highest BCUT2D eigenvalue weighted by Crippen LogP contribution is 2.38. The molecule has 0 aliphatic carbocycles. The third-order valence-electron chi connectivity index (χ3n) is 3.13. The number of fused-ring (bicyclic) bond motifs is 2. The number of hydrogen-bond donors (Lipinski definition) is 0. The lowest BCUT2D eigenvalue weighted by atomic mass is 10.0. The zero-order chi connectivity index (χ0) is 14.3. The van der Waals surface area contributed by atoms with Gasteiger partial charge in [0.1, 0.15) is 11.5 Å². The van der Waals surface area contributed by atoms with Crippen molar-refractivity contribution in [3.8, 4) is 17.2 Å². The van der Waals surface area contributed by atoms with E-state index in [1.165, 1.54) is 13.2 Å². The summed E-state index contributed by atoms with van der Waals surface area (Å²) in [5.41, 5.74) is 0.924. The van der Waals surface area contributed by atoms with Gasteiger partial charge in [-0.05, 0) is 24.3 Å². The van der Waals surface area contributed by atoms with Gasteiger partial charge in [-0.1, -0.05) is 15.9 Å². The summed E-state index contributed by atoms with van der Waals surface area (Å²) in [7, 11) is 1.45. The second-order valence-electron chi connectivity index (χ2n) is 4.44. The average Bonchev–Trinajstić information content (AvgIpc) is 2.56. The van der Waals surface area contributed by atoms with Crippen LogP contribution in [0.2, 0.25) is 0 Å². The van der Waals surface area contributed by atoms with E-state index in [2.05, 4.69) is 15.9 Å². The van der Waals surface area contributed by atoms with Gasteiger partial charge < -0.3 is 9.47 Å². The summed E-state index contributed by atoms with van der Waals surface area (Å²) < 4.78 is 25.5. The van der Waals surface area contributed by atoms with Crippen molar-refractivity contribution >= 4 is 21.7 Å².